The van der Waals surface area contributed by atoms with Crippen LogP contribution in [0, 0.1) is 17.6 Å². The molecule has 0 aromatic heterocycles. The standard InChI is InChI=1S/C15H20F2N2O/c16-13-7-12(8-14(17)10-13)3-6-19-15(20)9-11-1-4-18-5-2-11/h7-8,10-11,18H,1-6,9H2,(H,19,20). The van der Waals surface area contributed by atoms with Crippen molar-refractivity contribution in [1.29, 1.82) is 0 Å². The molecule has 1 aromatic carbocycles. The maximum absolute atomic E-state index is 13.0. The Kier molecular flexibility index (Phi) is 5.47. The molecule has 1 amide bonds. The number of piperidine rings is 1. The zero-order valence-corrected chi connectivity index (χ0v) is 11.4. The quantitative estimate of drug-likeness (QED) is 0.867. The van der Waals surface area contributed by atoms with Gasteiger partial charge < -0.3 is 10.6 Å². The average molecular weight is 282 g/mol. The fraction of sp³-hybridized carbons (Fsp3) is 0.533. The molecule has 5 heteroatoms. The van der Waals surface area contributed by atoms with E-state index in [1.165, 1.54) is 12.1 Å². The average Bonchev–Trinajstić information content (AvgIpc) is 2.38. The Morgan fingerprint density at radius 1 is 1.20 bits per heavy atom. The van der Waals surface area contributed by atoms with Crippen molar-refractivity contribution in [2.75, 3.05) is 19.6 Å². The molecule has 3 nitrogen and oxygen atoms in total. The number of benzene rings is 1. The molecule has 0 radical (unpaired) electrons. The lowest BCUT2D eigenvalue weighted by Crippen LogP contribution is -2.33. The van der Waals surface area contributed by atoms with Gasteiger partial charge in [-0.25, -0.2) is 8.78 Å². The minimum atomic E-state index is -0.582. The van der Waals surface area contributed by atoms with Gasteiger partial charge in [0.2, 0.25) is 5.91 Å². The van der Waals surface area contributed by atoms with E-state index < -0.39 is 11.6 Å². The van der Waals surface area contributed by atoms with Crippen molar-refractivity contribution in [1.82, 2.24) is 10.6 Å². The monoisotopic (exact) mass is 282 g/mol. The molecule has 2 rings (SSSR count). The van der Waals surface area contributed by atoms with Crippen molar-refractivity contribution >= 4 is 5.91 Å². The Morgan fingerprint density at radius 3 is 2.50 bits per heavy atom. The highest BCUT2D eigenvalue weighted by Crippen LogP contribution is 2.15. The van der Waals surface area contributed by atoms with E-state index >= 15 is 0 Å². The summed E-state index contributed by atoms with van der Waals surface area (Å²) in [6.45, 7) is 2.35. The summed E-state index contributed by atoms with van der Waals surface area (Å²) >= 11 is 0. The first kappa shape index (κ1) is 14.9. The van der Waals surface area contributed by atoms with Gasteiger partial charge in [-0.15, -0.1) is 0 Å². The SMILES string of the molecule is O=C(CC1CCNCC1)NCCc1cc(F)cc(F)c1. The maximum atomic E-state index is 13.0. The molecule has 1 heterocycles. The summed E-state index contributed by atoms with van der Waals surface area (Å²) in [6.07, 6.45) is 3.04. The van der Waals surface area contributed by atoms with Crippen LogP contribution in [-0.2, 0) is 11.2 Å². The number of carbonyl (C=O) groups is 1. The molecule has 0 saturated carbocycles. The Bertz CT molecular complexity index is 439. The van der Waals surface area contributed by atoms with Crippen LogP contribution in [0.25, 0.3) is 0 Å². The Hall–Kier alpha value is -1.49. The molecule has 1 fully saturated rings. The van der Waals surface area contributed by atoms with Crippen molar-refractivity contribution in [3.05, 3.63) is 35.4 Å². The number of nitrogens with one attached hydrogen (secondary N) is 2. The summed E-state index contributed by atoms with van der Waals surface area (Å²) in [4.78, 5) is 11.8. The molecule has 1 saturated heterocycles. The molecular formula is C15H20F2N2O. The van der Waals surface area contributed by atoms with E-state index in [1.807, 2.05) is 0 Å². The first-order valence-corrected chi connectivity index (χ1v) is 7.06. The van der Waals surface area contributed by atoms with E-state index in [0.717, 1.165) is 32.0 Å². The van der Waals surface area contributed by atoms with Crippen molar-refractivity contribution in [2.24, 2.45) is 5.92 Å². The molecule has 110 valence electrons. The number of hydrogen-bond donors (Lipinski definition) is 2. The highest BCUT2D eigenvalue weighted by Gasteiger charge is 2.16. The van der Waals surface area contributed by atoms with Crippen LogP contribution in [0.1, 0.15) is 24.8 Å². The molecule has 2 N–H and O–H groups in total. The van der Waals surface area contributed by atoms with Gasteiger partial charge in [0.15, 0.2) is 0 Å². The Labute approximate surface area is 117 Å². The van der Waals surface area contributed by atoms with Gasteiger partial charge in [-0.2, -0.15) is 0 Å². The summed E-state index contributed by atoms with van der Waals surface area (Å²) in [5.74, 6) is -0.696. The van der Waals surface area contributed by atoms with Crippen molar-refractivity contribution in [3.63, 3.8) is 0 Å². The summed E-state index contributed by atoms with van der Waals surface area (Å²) in [5.41, 5.74) is 0.560. The fourth-order valence-electron chi connectivity index (χ4n) is 2.52. The van der Waals surface area contributed by atoms with Crippen LogP contribution in [0.15, 0.2) is 18.2 Å². The second-order valence-electron chi connectivity index (χ2n) is 5.28. The molecule has 0 spiro atoms. The van der Waals surface area contributed by atoms with Gasteiger partial charge in [0.25, 0.3) is 0 Å². The first-order valence-electron chi connectivity index (χ1n) is 7.06. The minimum Gasteiger partial charge on any atom is -0.356 e. The zero-order valence-electron chi connectivity index (χ0n) is 11.4. The number of halogens is 2. The third-order valence-electron chi connectivity index (χ3n) is 3.59. The lowest BCUT2D eigenvalue weighted by molar-refractivity contribution is -0.122. The zero-order chi connectivity index (χ0) is 14.4. The van der Waals surface area contributed by atoms with Crippen LogP contribution in [0.4, 0.5) is 8.78 Å². The molecule has 0 aliphatic carbocycles. The van der Waals surface area contributed by atoms with Crippen LogP contribution in [0.3, 0.4) is 0 Å². The van der Waals surface area contributed by atoms with Crippen LogP contribution in [0.2, 0.25) is 0 Å². The number of hydrogen-bond acceptors (Lipinski definition) is 2. The Balaban J connectivity index is 1.70. The van der Waals surface area contributed by atoms with Gasteiger partial charge in [-0.05, 0) is 56.0 Å². The topological polar surface area (TPSA) is 41.1 Å². The van der Waals surface area contributed by atoms with E-state index in [1.54, 1.807) is 0 Å². The molecule has 1 aliphatic heterocycles. The van der Waals surface area contributed by atoms with Gasteiger partial charge in [0, 0.05) is 19.0 Å². The number of carbonyl (C=O) groups excluding carboxylic acids is 1. The normalized spacial score (nSPS) is 16.1. The summed E-state index contributed by atoms with van der Waals surface area (Å²) in [7, 11) is 0. The molecule has 0 atom stereocenters. The van der Waals surface area contributed by atoms with Gasteiger partial charge in [0.1, 0.15) is 11.6 Å². The molecule has 1 aromatic rings. The molecule has 0 bridgehead atoms. The fourth-order valence-corrected chi connectivity index (χ4v) is 2.52. The number of amides is 1. The minimum absolute atomic E-state index is 0.0220. The highest BCUT2D eigenvalue weighted by molar-refractivity contribution is 5.76. The third kappa shape index (κ3) is 4.89. The van der Waals surface area contributed by atoms with Crippen molar-refractivity contribution < 1.29 is 13.6 Å². The molecule has 0 unspecified atom stereocenters. The van der Waals surface area contributed by atoms with Gasteiger partial charge in [0.05, 0.1) is 0 Å². The summed E-state index contributed by atoms with van der Waals surface area (Å²) < 4.78 is 26.0. The number of rotatable bonds is 5. The van der Waals surface area contributed by atoms with E-state index in [9.17, 15) is 13.6 Å². The van der Waals surface area contributed by atoms with Crippen LogP contribution < -0.4 is 10.6 Å². The van der Waals surface area contributed by atoms with Gasteiger partial charge in [-0.1, -0.05) is 0 Å². The van der Waals surface area contributed by atoms with E-state index in [0.29, 0.717) is 30.9 Å². The summed E-state index contributed by atoms with van der Waals surface area (Å²) in [6, 6.07) is 3.43. The van der Waals surface area contributed by atoms with Gasteiger partial charge >= 0.3 is 0 Å². The highest BCUT2D eigenvalue weighted by atomic mass is 19.1. The second kappa shape index (κ2) is 7.33. The van der Waals surface area contributed by atoms with Crippen LogP contribution in [0.5, 0.6) is 0 Å². The third-order valence-corrected chi connectivity index (χ3v) is 3.59. The molecule has 1 aliphatic rings. The van der Waals surface area contributed by atoms with E-state index in [2.05, 4.69) is 10.6 Å². The predicted molar refractivity (Wildman–Crippen MR) is 73.3 cm³/mol. The predicted octanol–water partition coefficient (Wildman–Crippen LogP) is 2.01. The lowest BCUT2D eigenvalue weighted by atomic mass is 9.94. The first-order chi connectivity index (χ1) is 9.63. The smallest absolute Gasteiger partial charge is 0.220 e. The second-order valence-corrected chi connectivity index (χ2v) is 5.28. The van der Waals surface area contributed by atoms with E-state index in [-0.39, 0.29) is 5.91 Å². The maximum Gasteiger partial charge on any atom is 0.220 e. The largest absolute Gasteiger partial charge is 0.356 e. The van der Waals surface area contributed by atoms with Crippen LogP contribution >= 0.6 is 0 Å². The van der Waals surface area contributed by atoms with E-state index in [4.69, 9.17) is 0 Å². The van der Waals surface area contributed by atoms with Crippen molar-refractivity contribution in [2.45, 2.75) is 25.7 Å². The lowest BCUT2D eigenvalue weighted by Gasteiger charge is -2.21. The molecular weight excluding hydrogens is 262 g/mol. The summed E-state index contributed by atoms with van der Waals surface area (Å²) in [5, 5.41) is 6.07. The van der Waals surface area contributed by atoms with Crippen LogP contribution in [-0.4, -0.2) is 25.5 Å². The Morgan fingerprint density at radius 2 is 1.85 bits per heavy atom. The molecule has 20 heavy (non-hydrogen) atoms. The van der Waals surface area contributed by atoms with Crippen molar-refractivity contribution in [3.8, 4) is 0 Å². The van der Waals surface area contributed by atoms with Gasteiger partial charge in [-0.3, -0.25) is 4.79 Å².